The second kappa shape index (κ2) is 7.04. The quantitative estimate of drug-likeness (QED) is 0.819. The van der Waals surface area contributed by atoms with Crippen molar-refractivity contribution in [1.82, 2.24) is 20.4 Å². The van der Waals surface area contributed by atoms with Crippen molar-refractivity contribution in [3.63, 3.8) is 0 Å². The van der Waals surface area contributed by atoms with Crippen LogP contribution in [-0.2, 0) is 23.1 Å². The molecule has 23 heavy (non-hydrogen) atoms. The first-order valence-electron chi connectivity index (χ1n) is 7.46. The van der Waals surface area contributed by atoms with Crippen molar-refractivity contribution in [2.45, 2.75) is 26.3 Å². The molecule has 2 amide bonds. The van der Waals surface area contributed by atoms with Crippen LogP contribution in [0.1, 0.15) is 19.5 Å². The summed E-state index contributed by atoms with van der Waals surface area (Å²) in [7, 11) is 1.55. The number of aryl methyl sites for hydroxylation is 1. The highest BCUT2D eigenvalue weighted by molar-refractivity contribution is 5.91. The van der Waals surface area contributed by atoms with Gasteiger partial charge in [0.1, 0.15) is 6.04 Å². The third-order valence-corrected chi connectivity index (χ3v) is 3.48. The Kier molecular flexibility index (Phi) is 5.10. The molecule has 0 unspecified atom stereocenters. The molecule has 2 N–H and O–H groups in total. The van der Waals surface area contributed by atoms with E-state index in [2.05, 4.69) is 15.7 Å². The van der Waals surface area contributed by atoms with Crippen molar-refractivity contribution in [1.29, 1.82) is 0 Å². The molecule has 7 nitrogen and oxygen atoms in total. The van der Waals surface area contributed by atoms with Crippen LogP contribution in [0, 0.1) is 0 Å². The number of nitrogens with one attached hydrogen (secondary N) is 2. The van der Waals surface area contributed by atoms with Crippen molar-refractivity contribution in [3.8, 4) is 0 Å². The Balaban J connectivity index is 2.22. The van der Waals surface area contributed by atoms with E-state index in [1.54, 1.807) is 38.2 Å². The summed E-state index contributed by atoms with van der Waals surface area (Å²) >= 11 is 0. The van der Waals surface area contributed by atoms with E-state index < -0.39 is 6.04 Å². The van der Waals surface area contributed by atoms with E-state index in [1.807, 2.05) is 6.92 Å². The normalized spacial score (nSPS) is 12.0. The third kappa shape index (κ3) is 3.74. The fourth-order valence-corrected chi connectivity index (χ4v) is 2.34. The SMILES string of the molecule is CCNC(=O)[C@H](C)NC(=O)Cc1nn(C)c(=O)c2ccccc12. The molecule has 0 aliphatic rings. The number of hydrogen-bond acceptors (Lipinski definition) is 4. The average molecular weight is 316 g/mol. The average Bonchev–Trinajstić information content (AvgIpc) is 2.52. The van der Waals surface area contributed by atoms with Crippen molar-refractivity contribution in [2.24, 2.45) is 7.05 Å². The molecular weight excluding hydrogens is 296 g/mol. The van der Waals surface area contributed by atoms with Crippen molar-refractivity contribution < 1.29 is 9.59 Å². The molecule has 0 saturated carbocycles. The van der Waals surface area contributed by atoms with E-state index in [0.29, 0.717) is 23.0 Å². The lowest BCUT2D eigenvalue weighted by Gasteiger charge is -2.14. The van der Waals surface area contributed by atoms with Gasteiger partial charge < -0.3 is 10.6 Å². The van der Waals surface area contributed by atoms with Gasteiger partial charge in [-0.05, 0) is 19.9 Å². The summed E-state index contributed by atoms with van der Waals surface area (Å²) in [6.45, 7) is 3.94. The monoisotopic (exact) mass is 316 g/mol. The van der Waals surface area contributed by atoms with Crippen molar-refractivity contribution in [3.05, 3.63) is 40.3 Å². The van der Waals surface area contributed by atoms with Crippen LogP contribution >= 0.6 is 0 Å². The van der Waals surface area contributed by atoms with Gasteiger partial charge in [0.05, 0.1) is 17.5 Å². The maximum absolute atomic E-state index is 12.2. The predicted molar refractivity (Wildman–Crippen MR) is 87.0 cm³/mol. The molecule has 0 saturated heterocycles. The first-order chi connectivity index (χ1) is 10.9. The maximum atomic E-state index is 12.2. The molecular formula is C16H20N4O3. The highest BCUT2D eigenvalue weighted by atomic mass is 16.2. The van der Waals surface area contributed by atoms with Gasteiger partial charge in [0.15, 0.2) is 0 Å². The Bertz CT molecular complexity index is 798. The van der Waals surface area contributed by atoms with E-state index in [9.17, 15) is 14.4 Å². The molecule has 0 fully saturated rings. The molecule has 1 aromatic carbocycles. The van der Waals surface area contributed by atoms with Gasteiger partial charge in [-0.2, -0.15) is 5.10 Å². The second-order valence-electron chi connectivity index (χ2n) is 5.28. The number of likely N-dealkylation sites (N-methyl/N-ethyl adjacent to an activating group) is 1. The van der Waals surface area contributed by atoms with Crippen LogP contribution in [0.3, 0.4) is 0 Å². The standard InChI is InChI=1S/C16H20N4O3/c1-4-17-15(22)10(2)18-14(21)9-13-11-7-5-6-8-12(11)16(23)20(3)19-13/h5-8,10H,4,9H2,1-3H3,(H,17,22)(H,18,21)/t10-/m0/s1. The molecule has 7 heteroatoms. The number of fused-ring (bicyclic) bond motifs is 1. The fraction of sp³-hybridized carbons (Fsp3) is 0.375. The van der Waals surface area contributed by atoms with E-state index >= 15 is 0 Å². The zero-order chi connectivity index (χ0) is 17.0. The molecule has 1 aromatic heterocycles. The molecule has 1 heterocycles. The number of carbonyl (C=O) groups excluding carboxylic acids is 2. The molecule has 0 radical (unpaired) electrons. The molecule has 122 valence electrons. The minimum absolute atomic E-state index is 0.00161. The van der Waals surface area contributed by atoms with Crippen LogP contribution < -0.4 is 16.2 Å². The summed E-state index contributed by atoms with van der Waals surface area (Å²) in [6, 6.07) is 6.41. The number of amides is 2. The summed E-state index contributed by atoms with van der Waals surface area (Å²) in [5.41, 5.74) is 0.295. The Morgan fingerprint density at radius 3 is 2.57 bits per heavy atom. The van der Waals surface area contributed by atoms with Gasteiger partial charge in [-0.1, -0.05) is 18.2 Å². The van der Waals surface area contributed by atoms with Gasteiger partial charge in [0.2, 0.25) is 11.8 Å². The van der Waals surface area contributed by atoms with Crippen LogP contribution in [0.5, 0.6) is 0 Å². The molecule has 0 spiro atoms. The second-order valence-corrected chi connectivity index (χ2v) is 5.28. The molecule has 1 atom stereocenters. The highest BCUT2D eigenvalue weighted by Gasteiger charge is 2.17. The van der Waals surface area contributed by atoms with Crippen molar-refractivity contribution in [2.75, 3.05) is 6.54 Å². The Labute approximate surface area is 133 Å². The Morgan fingerprint density at radius 2 is 1.91 bits per heavy atom. The molecule has 0 aliphatic heterocycles. The molecule has 0 bridgehead atoms. The highest BCUT2D eigenvalue weighted by Crippen LogP contribution is 2.13. The van der Waals surface area contributed by atoms with Crippen LogP contribution in [0.15, 0.2) is 29.1 Å². The Hall–Kier alpha value is -2.70. The maximum Gasteiger partial charge on any atom is 0.274 e. The fourth-order valence-electron chi connectivity index (χ4n) is 2.34. The summed E-state index contributed by atoms with van der Waals surface area (Å²) in [4.78, 5) is 35.9. The molecule has 0 aliphatic carbocycles. The van der Waals surface area contributed by atoms with Crippen LogP contribution in [0.2, 0.25) is 0 Å². The van der Waals surface area contributed by atoms with Gasteiger partial charge in [-0.15, -0.1) is 0 Å². The lowest BCUT2D eigenvalue weighted by Crippen LogP contribution is -2.45. The van der Waals surface area contributed by atoms with E-state index in [4.69, 9.17) is 0 Å². The first-order valence-corrected chi connectivity index (χ1v) is 7.46. The van der Waals surface area contributed by atoms with E-state index in [-0.39, 0.29) is 23.8 Å². The minimum Gasteiger partial charge on any atom is -0.355 e. The summed E-state index contributed by atoms with van der Waals surface area (Å²) < 4.78 is 1.22. The minimum atomic E-state index is -0.624. The first kappa shape index (κ1) is 16.7. The predicted octanol–water partition coefficient (Wildman–Crippen LogP) is 0.117. The topological polar surface area (TPSA) is 93.1 Å². The zero-order valence-corrected chi connectivity index (χ0v) is 13.4. The smallest absolute Gasteiger partial charge is 0.274 e. The van der Waals surface area contributed by atoms with Crippen LogP contribution in [0.25, 0.3) is 10.8 Å². The largest absolute Gasteiger partial charge is 0.355 e. The number of benzene rings is 1. The number of aromatic nitrogens is 2. The van der Waals surface area contributed by atoms with Crippen molar-refractivity contribution >= 4 is 22.6 Å². The van der Waals surface area contributed by atoms with Crippen LogP contribution in [0.4, 0.5) is 0 Å². The zero-order valence-electron chi connectivity index (χ0n) is 13.4. The number of nitrogens with zero attached hydrogens (tertiary/aromatic N) is 2. The third-order valence-electron chi connectivity index (χ3n) is 3.48. The van der Waals surface area contributed by atoms with Gasteiger partial charge in [-0.25, -0.2) is 4.68 Å². The lowest BCUT2D eigenvalue weighted by atomic mass is 10.1. The number of rotatable bonds is 5. The Morgan fingerprint density at radius 1 is 1.26 bits per heavy atom. The summed E-state index contributed by atoms with van der Waals surface area (Å²) in [5, 5.41) is 10.6. The van der Waals surface area contributed by atoms with Gasteiger partial charge in [0.25, 0.3) is 5.56 Å². The number of carbonyl (C=O) groups is 2. The van der Waals surface area contributed by atoms with Gasteiger partial charge in [0, 0.05) is 19.0 Å². The van der Waals surface area contributed by atoms with Crippen LogP contribution in [-0.4, -0.2) is 34.2 Å². The molecule has 2 aromatic rings. The number of hydrogen-bond donors (Lipinski definition) is 2. The van der Waals surface area contributed by atoms with Gasteiger partial charge >= 0.3 is 0 Å². The molecule has 2 rings (SSSR count). The lowest BCUT2D eigenvalue weighted by molar-refractivity contribution is -0.128. The van der Waals surface area contributed by atoms with E-state index in [0.717, 1.165) is 0 Å². The van der Waals surface area contributed by atoms with Gasteiger partial charge in [-0.3, -0.25) is 14.4 Å². The summed E-state index contributed by atoms with van der Waals surface area (Å²) in [6.07, 6.45) is -0.00161. The van der Waals surface area contributed by atoms with E-state index in [1.165, 1.54) is 4.68 Å². The summed E-state index contributed by atoms with van der Waals surface area (Å²) in [5.74, 6) is -0.556.